The number of carbonyl (C=O) groups is 1. The number of benzene rings is 2. The predicted octanol–water partition coefficient (Wildman–Crippen LogP) is 4.90. The molecule has 5 nitrogen and oxygen atoms in total. The van der Waals surface area contributed by atoms with E-state index in [0.29, 0.717) is 29.7 Å². The van der Waals surface area contributed by atoms with Gasteiger partial charge in [-0.1, -0.05) is 22.9 Å². The molecule has 0 saturated carbocycles. The van der Waals surface area contributed by atoms with Gasteiger partial charge in [-0.15, -0.1) is 0 Å². The molecule has 7 heteroatoms. The smallest absolute Gasteiger partial charge is 0.281 e. The molecule has 146 valence electrons. The number of hydrogen-bond acceptors (Lipinski definition) is 4. The minimum absolute atomic E-state index is 0.212. The van der Waals surface area contributed by atoms with E-state index in [1.807, 2.05) is 56.3 Å². The lowest BCUT2D eigenvalue weighted by molar-refractivity contribution is -0.113. The van der Waals surface area contributed by atoms with Gasteiger partial charge in [0.05, 0.1) is 18.9 Å². The van der Waals surface area contributed by atoms with Gasteiger partial charge in [-0.05, 0) is 74.1 Å². The Labute approximate surface area is 178 Å². The molecule has 1 aliphatic rings. The fourth-order valence-corrected chi connectivity index (χ4v) is 3.44. The molecule has 28 heavy (non-hydrogen) atoms. The summed E-state index contributed by atoms with van der Waals surface area (Å²) in [5, 5.41) is 3.35. The number of carbonyl (C=O) groups excluding carboxylic acids is 1. The number of thiocarbonyl (C=S) groups is 1. The Morgan fingerprint density at radius 3 is 2.57 bits per heavy atom. The first kappa shape index (κ1) is 20.4. The fraction of sp³-hybridized carbons (Fsp3) is 0.238. The van der Waals surface area contributed by atoms with Gasteiger partial charge in [0, 0.05) is 10.0 Å². The van der Waals surface area contributed by atoms with Gasteiger partial charge >= 0.3 is 0 Å². The molecule has 1 aliphatic heterocycles. The summed E-state index contributed by atoms with van der Waals surface area (Å²) in [7, 11) is 0. The van der Waals surface area contributed by atoms with E-state index >= 15 is 0 Å². The van der Waals surface area contributed by atoms with Crippen LogP contribution in [0.3, 0.4) is 0 Å². The number of nitrogens with zero attached hydrogens (tertiary/aromatic N) is 1. The molecule has 1 N–H and O–H groups in total. The molecule has 1 saturated heterocycles. The molecule has 3 rings (SSSR count). The summed E-state index contributed by atoms with van der Waals surface area (Å²) in [4.78, 5) is 14.4. The summed E-state index contributed by atoms with van der Waals surface area (Å²) in [5.74, 6) is 1.26. The van der Waals surface area contributed by atoms with Crippen LogP contribution in [0.5, 0.6) is 11.5 Å². The molecule has 0 aromatic heterocycles. The van der Waals surface area contributed by atoms with E-state index in [0.717, 1.165) is 28.0 Å². The largest absolute Gasteiger partial charge is 0.494 e. The Hall–Kier alpha value is -2.38. The number of amides is 1. The zero-order valence-electron chi connectivity index (χ0n) is 15.7. The first-order valence-electron chi connectivity index (χ1n) is 9.05. The van der Waals surface area contributed by atoms with E-state index in [4.69, 9.17) is 21.7 Å². The molecule has 2 aromatic carbocycles. The van der Waals surface area contributed by atoms with Gasteiger partial charge in [-0.3, -0.25) is 9.69 Å². The summed E-state index contributed by atoms with van der Waals surface area (Å²) >= 11 is 8.86. The number of rotatable bonds is 7. The lowest BCUT2D eigenvalue weighted by Gasteiger charge is -2.14. The van der Waals surface area contributed by atoms with E-state index in [-0.39, 0.29) is 5.91 Å². The van der Waals surface area contributed by atoms with Crippen molar-refractivity contribution in [3.8, 4) is 11.5 Å². The molecule has 1 amide bonds. The van der Waals surface area contributed by atoms with Crippen LogP contribution in [0.2, 0.25) is 0 Å². The predicted molar refractivity (Wildman–Crippen MR) is 119 cm³/mol. The third-order valence-corrected chi connectivity index (χ3v) is 4.80. The maximum atomic E-state index is 13.0. The molecule has 0 atom stereocenters. The monoisotopic (exact) mass is 460 g/mol. The van der Waals surface area contributed by atoms with Crippen LogP contribution in [-0.4, -0.2) is 24.2 Å². The molecule has 0 spiro atoms. The summed E-state index contributed by atoms with van der Waals surface area (Å²) in [5.41, 5.74) is 1.89. The summed E-state index contributed by atoms with van der Waals surface area (Å²) in [6.45, 7) is 5.17. The van der Waals surface area contributed by atoms with E-state index in [1.165, 1.54) is 4.90 Å². The van der Waals surface area contributed by atoms with Crippen LogP contribution in [0.1, 0.15) is 25.8 Å². The Morgan fingerprint density at radius 2 is 1.89 bits per heavy atom. The van der Waals surface area contributed by atoms with Crippen LogP contribution < -0.4 is 19.7 Å². The third kappa shape index (κ3) is 4.54. The van der Waals surface area contributed by atoms with Crippen LogP contribution in [0.4, 0.5) is 5.69 Å². The molecule has 0 radical (unpaired) electrons. The Balaban J connectivity index is 1.88. The van der Waals surface area contributed by atoms with Gasteiger partial charge in [-0.25, -0.2) is 0 Å². The van der Waals surface area contributed by atoms with Gasteiger partial charge in [0.15, 0.2) is 5.11 Å². The Kier molecular flexibility index (Phi) is 6.70. The van der Waals surface area contributed by atoms with Crippen molar-refractivity contribution in [3.05, 3.63) is 58.2 Å². The second-order valence-corrected chi connectivity index (χ2v) is 7.39. The second-order valence-electron chi connectivity index (χ2n) is 6.09. The highest BCUT2D eigenvalue weighted by atomic mass is 79.9. The molecule has 0 bridgehead atoms. The number of anilines is 1. The van der Waals surface area contributed by atoms with Crippen LogP contribution in [0.15, 0.2) is 52.6 Å². The highest BCUT2D eigenvalue weighted by molar-refractivity contribution is 9.10. The number of halogens is 1. The first-order valence-corrected chi connectivity index (χ1v) is 10.3. The van der Waals surface area contributed by atoms with Crippen molar-refractivity contribution in [3.63, 3.8) is 0 Å². The first-order chi connectivity index (χ1) is 13.5. The van der Waals surface area contributed by atoms with E-state index < -0.39 is 0 Å². The SMILES string of the molecule is CCCOc1ccc(Br)cc1/C=C1/NC(=S)N(c2ccc(OCC)cc2)C1=O. The molecule has 1 heterocycles. The zero-order valence-corrected chi connectivity index (χ0v) is 18.1. The van der Waals surface area contributed by atoms with Gasteiger partial charge in [0.25, 0.3) is 5.91 Å². The molecule has 1 fully saturated rings. The highest BCUT2D eigenvalue weighted by Crippen LogP contribution is 2.29. The molecular formula is C21H21BrN2O3S. The minimum atomic E-state index is -0.212. The maximum Gasteiger partial charge on any atom is 0.281 e. The lowest BCUT2D eigenvalue weighted by atomic mass is 10.1. The summed E-state index contributed by atoms with van der Waals surface area (Å²) < 4.78 is 12.2. The highest BCUT2D eigenvalue weighted by Gasteiger charge is 2.32. The molecule has 0 unspecified atom stereocenters. The van der Waals surface area contributed by atoms with Crippen molar-refractivity contribution in [2.24, 2.45) is 0 Å². The lowest BCUT2D eigenvalue weighted by Crippen LogP contribution is -2.30. The molecule has 2 aromatic rings. The maximum absolute atomic E-state index is 13.0. The summed E-state index contributed by atoms with van der Waals surface area (Å²) in [6, 6.07) is 13.0. The molecular weight excluding hydrogens is 440 g/mol. The zero-order chi connectivity index (χ0) is 20.1. The van der Waals surface area contributed by atoms with E-state index in [9.17, 15) is 4.79 Å². The minimum Gasteiger partial charge on any atom is -0.494 e. The van der Waals surface area contributed by atoms with Crippen molar-refractivity contribution in [2.45, 2.75) is 20.3 Å². The van der Waals surface area contributed by atoms with Gasteiger partial charge < -0.3 is 14.8 Å². The number of nitrogens with one attached hydrogen (secondary N) is 1. The topological polar surface area (TPSA) is 50.8 Å². The van der Waals surface area contributed by atoms with Crippen LogP contribution in [0, 0.1) is 0 Å². The van der Waals surface area contributed by atoms with Crippen molar-refractivity contribution in [2.75, 3.05) is 18.1 Å². The van der Waals surface area contributed by atoms with Crippen LogP contribution in [-0.2, 0) is 4.79 Å². The quantitative estimate of drug-likeness (QED) is 0.470. The second kappa shape index (κ2) is 9.21. The van der Waals surface area contributed by atoms with Gasteiger partial charge in [-0.2, -0.15) is 0 Å². The Morgan fingerprint density at radius 1 is 1.14 bits per heavy atom. The van der Waals surface area contributed by atoms with Gasteiger partial charge in [0.2, 0.25) is 0 Å². The number of ether oxygens (including phenoxy) is 2. The van der Waals surface area contributed by atoms with Crippen molar-refractivity contribution >= 4 is 50.9 Å². The summed E-state index contributed by atoms with van der Waals surface area (Å²) in [6.07, 6.45) is 2.66. The Bertz CT molecular complexity index is 912. The van der Waals surface area contributed by atoms with Gasteiger partial charge in [0.1, 0.15) is 17.2 Å². The van der Waals surface area contributed by atoms with Crippen molar-refractivity contribution < 1.29 is 14.3 Å². The van der Waals surface area contributed by atoms with Crippen LogP contribution in [0.25, 0.3) is 6.08 Å². The van der Waals surface area contributed by atoms with Crippen molar-refractivity contribution in [1.29, 1.82) is 0 Å². The normalized spacial score (nSPS) is 15.1. The van der Waals surface area contributed by atoms with Crippen LogP contribution >= 0.6 is 28.1 Å². The average molecular weight is 461 g/mol. The third-order valence-electron chi connectivity index (χ3n) is 4.02. The van der Waals surface area contributed by atoms with Crippen molar-refractivity contribution in [1.82, 2.24) is 5.32 Å². The fourth-order valence-electron chi connectivity index (χ4n) is 2.76. The van der Waals surface area contributed by atoms with E-state index in [1.54, 1.807) is 6.08 Å². The molecule has 0 aliphatic carbocycles. The standard InChI is InChI=1S/C21H21BrN2O3S/c1-3-11-27-19-10-5-15(22)12-14(19)13-18-20(25)24(21(28)23-18)16-6-8-17(9-7-16)26-4-2/h5-10,12-13H,3-4,11H2,1-2H3,(H,23,28)/b18-13+. The average Bonchev–Trinajstić information content (AvgIpc) is 2.95. The van der Waals surface area contributed by atoms with E-state index in [2.05, 4.69) is 21.2 Å². The number of hydrogen-bond donors (Lipinski definition) is 1.